The Morgan fingerprint density at radius 2 is 1.80 bits per heavy atom. The van der Waals surface area contributed by atoms with Crippen molar-refractivity contribution in [3.05, 3.63) is 66.4 Å². The lowest BCUT2D eigenvalue weighted by Crippen LogP contribution is -2.31. The van der Waals surface area contributed by atoms with Gasteiger partial charge in [-0.25, -0.2) is 9.97 Å². The molecule has 2 heterocycles. The first-order valence-corrected chi connectivity index (χ1v) is 8.38. The molecule has 2 aromatic carbocycles. The molecule has 0 atom stereocenters. The summed E-state index contributed by atoms with van der Waals surface area (Å²) in [5.74, 6) is 1.07. The number of para-hydroxylation sites is 2. The van der Waals surface area contributed by atoms with Crippen LogP contribution in [0.5, 0.6) is 0 Å². The topological polar surface area (TPSA) is 58.1 Å². The molecule has 1 aliphatic heterocycles. The van der Waals surface area contributed by atoms with Gasteiger partial charge in [-0.1, -0.05) is 49.4 Å². The van der Waals surface area contributed by atoms with Crippen molar-refractivity contribution in [1.82, 2.24) is 9.97 Å². The molecule has 0 fully saturated rings. The Morgan fingerprint density at radius 1 is 1.04 bits per heavy atom. The third-order valence-electron chi connectivity index (χ3n) is 4.19. The Bertz CT molecular complexity index is 924. The standard InChI is InChI=1S/C20H18N4O/c1-2-12-24-17-11-7-6-10-16(17)22-19-15(20(24)25)13-21-18(23-19)14-8-4-3-5-9-14/h3-11,13H,2,12H2,1H3,(H,21,22,23). The predicted octanol–water partition coefficient (Wildman–Crippen LogP) is 4.26. The van der Waals surface area contributed by atoms with Crippen molar-refractivity contribution in [3.63, 3.8) is 0 Å². The van der Waals surface area contributed by atoms with Gasteiger partial charge in [0.1, 0.15) is 11.4 Å². The quantitative estimate of drug-likeness (QED) is 0.779. The minimum atomic E-state index is -0.0751. The zero-order valence-corrected chi connectivity index (χ0v) is 13.9. The zero-order chi connectivity index (χ0) is 17.2. The summed E-state index contributed by atoms with van der Waals surface area (Å²) < 4.78 is 0. The molecule has 25 heavy (non-hydrogen) atoms. The van der Waals surface area contributed by atoms with E-state index in [1.165, 1.54) is 0 Å². The van der Waals surface area contributed by atoms with E-state index in [1.54, 1.807) is 11.1 Å². The number of carbonyl (C=O) groups is 1. The highest BCUT2D eigenvalue weighted by atomic mass is 16.2. The van der Waals surface area contributed by atoms with E-state index >= 15 is 0 Å². The maximum absolute atomic E-state index is 13.0. The smallest absolute Gasteiger partial charge is 0.263 e. The van der Waals surface area contributed by atoms with E-state index in [0.29, 0.717) is 23.8 Å². The average molecular weight is 330 g/mol. The van der Waals surface area contributed by atoms with Crippen LogP contribution in [0.1, 0.15) is 23.7 Å². The molecule has 0 radical (unpaired) electrons. The van der Waals surface area contributed by atoms with Crippen LogP contribution in [0.2, 0.25) is 0 Å². The van der Waals surface area contributed by atoms with Crippen molar-refractivity contribution >= 4 is 23.1 Å². The first-order chi connectivity index (χ1) is 12.3. The molecule has 1 aromatic heterocycles. The molecule has 0 saturated heterocycles. The van der Waals surface area contributed by atoms with Gasteiger partial charge in [0.2, 0.25) is 0 Å². The number of benzene rings is 2. The van der Waals surface area contributed by atoms with Crippen molar-refractivity contribution in [1.29, 1.82) is 0 Å². The number of nitrogens with zero attached hydrogens (tertiary/aromatic N) is 3. The Hall–Kier alpha value is -3.21. The highest BCUT2D eigenvalue weighted by Gasteiger charge is 2.27. The van der Waals surface area contributed by atoms with Crippen LogP contribution >= 0.6 is 0 Å². The largest absolute Gasteiger partial charge is 0.338 e. The van der Waals surface area contributed by atoms with Crippen LogP contribution in [0.4, 0.5) is 17.2 Å². The summed E-state index contributed by atoms with van der Waals surface area (Å²) in [7, 11) is 0. The number of aromatic nitrogens is 2. The summed E-state index contributed by atoms with van der Waals surface area (Å²) >= 11 is 0. The normalized spacial score (nSPS) is 12.8. The molecule has 1 N–H and O–H groups in total. The molecule has 4 rings (SSSR count). The summed E-state index contributed by atoms with van der Waals surface area (Å²) in [6, 6.07) is 17.6. The molecule has 0 saturated carbocycles. The van der Waals surface area contributed by atoms with Crippen LogP contribution in [0, 0.1) is 0 Å². The fraction of sp³-hybridized carbons (Fsp3) is 0.150. The van der Waals surface area contributed by atoms with Crippen molar-refractivity contribution < 1.29 is 4.79 Å². The van der Waals surface area contributed by atoms with Crippen LogP contribution in [0.15, 0.2) is 60.8 Å². The number of anilines is 3. The molecule has 0 unspecified atom stereocenters. The number of carbonyl (C=O) groups excluding carboxylic acids is 1. The zero-order valence-electron chi connectivity index (χ0n) is 13.9. The SMILES string of the molecule is CCCN1C(=O)c2cnc(-c3ccccc3)nc2Nc2ccccc21. The van der Waals surface area contributed by atoms with Crippen LogP contribution in [-0.2, 0) is 0 Å². The third kappa shape index (κ3) is 2.74. The van der Waals surface area contributed by atoms with Gasteiger partial charge < -0.3 is 10.2 Å². The monoisotopic (exact) mass is 330 g/mol. The van der Waals surface area contributed by atoms with Crippen molar-refractivity contribution in [2.45, 2.75) is 13.3 Å². The third-order valence-corrected chi connectivity index (χ3v) is 4.19. The van der Waals surface area contributed by atoms with E-state index < -0.39 is 0 Å². The van der Waals surface area contributed by atoms with Gasteiger partial charge in [0.25, 0.3) is 5.91 Å². The second-order valence-electron chi connectivity index (χ2n) is 5.92. The Balaban J connectivity index is 1.85. The van der Waals surface area contributed by atoms with Crippen molar-refractivity contribution in [2.24, 2.45) is 0 Å². The van der Waals surface area contributed by atoms with Gasteiger partial charge in [-0.05, 0) is 18.6 Å². The number of hydrogen-bond acceptors (Lipinski definition) is 4. The number of rotatable bonds is 3. The summed E-state index contributed by atoms with van der Waals surface area (Å²) in [4.78, 5) is 23.9. The minimum absolute atomic E-state index is 0.0751. The van der Waals surface area contributed by atoms with E-state index in [4.69, 9.17) is 0 Å². The summed E-state index contributed by atoms with van der Waals surface area (Å²) in [6.07, 6.45) is 2.49. The molecule has 1 amide bonds. The van der Waals surface area contributed by atoms with Gasteiger partial charge in [-0.2, -0.15) is 0 Å². The van der Waals surface area contributed by atoms with Gasteiger partial charge >= 0.3 is 0 Å². The fourth-order valence-electron chi connectivity index (χ4n) is 3.00. The molecule has 5 heteroatoms. The van der Waals surface area contributed by atoms with Crippen molar-refractivity contribution in [2.75, 3.05) is 16.8 Å². The van der Waals surface area contributed by atoms with Crippen LogP contribution in [0.3, 0.4) is 0 Å². The summed E-state index contributed by atoms with van der Waals surface area (Å²) in [6.45, 7) is 2.71. The van der Waals surface area contributed by atoms with Crippen molar-refractivity contribution in [3.8, 4) is 11.4 Å². The van der Waals surface area contributed by atoms with Gasteiger partial charge in [-0.15, -0.1) is 0 Å². The molecule has 1 aliphatic rings. The van der Waals surface area contributed by atoms with E-state index in [1.807, 2.05) is 54.6 Å². The van der Waals surface area contributed by atoms with Crippen LogP contribution < -0.4 is 10.2 Å². The molecule has 0 spiro atoms. The molecular formula is C20H18N4O. The van der Waals surface area contributed by atoms with E-state index in [2.05, 4.69) is 22.2 Å². The van der Waals surface area contributed by atoms with Gasteiger partial charge in [0, 0.05) is 18.3 Å². The summed E-state index contributed by atoms with van der Waals surface area (Å²) in [5.41, 5.74) is 3.15. The number of amides is 1. The Kier molecular flexibility index (Phi) is 3.90. The lowest BCUT2D eigenvalue weighted by Gasteiger charge is -2.21. The van der Waals surface area contributed by atoms with E-state index in [0.717, 1.165) is 23.4 Å². The van der Waals surface area contributed by atoms with Crippen LogP contribution in [-0.4, -0.2) is 22.4 Å². The second kappa shape index (κ2) is 6.36. The fourth-order valence-corrected chi connectivity index (χ4v) is 3.00. The lowest BCUT2D eigenvalue weighted by atomic mass is 10.2. The maximum atomic E-state index is 13.0. The molecule has 5 nitrogen and oxygen atoms in total. The predicted molar refractivity (Wildman–Crippen MR) is 99.2 cm³/mol. The highest BCUT2D eigenvalue weighted by molar-refractivity contribution is 6.12. The minimum Gasteiger partial charge on any atom is -0.338 e. The van der Waals surface area contributed by atoms with E-state index in [-0.39, 0.29) is 5.91 Å². The summed E-state index contributed by atoms with van der Waals surface area (Å²) in [5, 5.41) is 3.32. The number of nitrogens with one attached hydrogen (secondary N) is 1. The molecule has 3 aromatic rings. The second-order valence-corrected chi connectivity index (χ2v) is 5.92. The molecule has 124 valence electrons. The maximum Gasteiger partial charge on any atom is 0.263 e. The Morgan fingerprint density at radius 3 is 2.60 bits per heavy atom. The Labute approximate surface area is 146 Å². The number of fused-ring (bicyclic) bond motifs is 2. The highest BCUT2D eigenvalue weighted by Crippen LogP contribution is 2.35. The lowest BCUT2D eigenvalue weighted by molar-refractivity contribution is 0.0988. The van der Waals surface area contributed by atoms with Gasteiger partial charge in [0.05, 0.1) is 11.4 Å². The first kappa shape index (κ1) is 15.3. The van der Waals surface area contributed by atoms with Gasteiger partial charge in [-0.3, -0.25) is 4.79 Å². The molecular weight excluding hydrogens is 312 g/mol. The number of hydrogen-bond donors (Lipinski definition) is 1. The molecule has 0 aliphatic carbocycles. The van der Waals surface area contributed by atoms with Crippen LogP contribution in [0.25, 0.3) is 11.4 Å². The average Bonchev–Trinajstić information content (AvgIpc) is 2.77. The molecule has 0 bridgehead atoms. The van der Waals surface area contributed by atoms with Gasteiger partial charge in [0.15, 0.2) is 5.82 Å². The first-order valence-electron chi connectivity index (χ1n) is 8.38. The van der Waals surface area contributed by atoms with E-state index in [9.17, 15) is 4.79 Å².